The van der Waals surface area contributed by atoms with Crippen molar-refractivity contribution in [3.05, 3.63) is 41.7 Å². The first-order valence-electron chi connectivity index (χ1n) is 7.06. The van der Waals surface area contributed by atoms with Gasteiger partial charge in [-0.25, -0.2) is 4.39 Å². The van der Waals surface area contributed by atoms with Crippen molar-refractivity contribution >= 4 is 12.0 Å². The molecule has 1 N–H and O–H groups in total. The van der Waals surface area contributed by atoms with E-state index in [2.05, 4.69) is 5.32 Å². The van der Waals surface area contributed by atoms with Crippen LogP contribution in [0.2, 0.25) is 0 Å². The van der Waals surface area contributed by atoms with E-state index in [0.29, 0.717) is 11.5 Å². The maximum atomic E-state index is 13.0. The van der Waals surface area contributed by atoms with Crippen LogP contribution < -0.4 is 5.32 Å². The molecule has 1 aromatic rings. The van der Waals surface area contributed by atoms with Gasteiger partial charge in [0.1, 0.15) is 5.82 Å². The van der Waals surface area contributed by atoms with Crippen molar-refractivity contribution in [1.29, 1.82) is 0 Å². The highest BCUT2D eigenvalue weighted by Gasteiger charge is 2.21. The predicted octanol–water partition coefficient (Wildman–Crippen LogP) is 2.30. The van der Waals surface area contributed by atoms with Gasteiger partial charge in [0.2, 0.25) is 5.91 Å². The maximum Gasteiger partial charge on any atom is 0.246 e. The average molecular weight is 276 g/mol. The summed E-state index contributed by atoms with van der Waals surface area (Å²) in [4.78, 5) is 14.0. The van der Waals surface area contributed by atoms with Crippen LogP contribution in [0.5, 0.6) is 0 Å². The maximum absolute atomic E-state index is 13.0. The van der Waals surface area contributed by atoms with Crippen LogP contribution >= 0.6 is 0 Å². The first kappa shape index (κ1) is 14.7. The molecule has 1 heterocycles. The molecule has 0 aliphatic carbocycles. The second-order valence-corrected chi connectivity index (χ2v) is 5.24. The van der Waals surface area contributed by atoms with Crippen molar-refractivity contribution in [2.75, 3.05) is 26.7 Å². The summed E-state index contributed by atoms with van der Waals surface area (Å²) in [7, 11) is 1.94. The van der Waals surface area contributed by atoms with Gasteiger partial charge in [-0.1, -0.05) is 12.1 Å². The van der Waals surface area contributed by atoms with E-state index in [0.717, 1.165) is 32.5 Å². The molecular formula is C16H21FN2O. The van der Waals surface area contributed by atoms with Crippen molar-refractivity contribution < 1.29 is 9.18 Å². The molecule has 3 nitrogen and oxygen atoms in total. The van der Waals surface area contributed by atoms with Gasteiger partial charge in [-0.15, -0.1) is 0 Å². The number of nitrogens with one attached hydrogen (secondary N) is 1. The Labute approximate surface area is 119 Å². The number of benzene rings is 1. The summed E-state index contributed by atoms with van der Waals surface area (Å²) in [6, 6.07) is 6.24. The molecule has 1 aromatic carbocycles. The molecule has 108 valence electrons. The van der Waals surface area contributed by atoms with Gasteiger partial charge in [0.25, 0.3) is 0 Å². The van der Waals surface area contributed by atoms with Crippen LogP contribution in [0.25, 0.3) is 6.08 Å². The number of halogens is 1. The lowest BCUT2D eigenvalue weighted by Crippen LogP contribution is -2.41. The van der Waals surface area contributed by atoms with E-state index in [1.165, 1.54) is 18.2 Å². The predicted molar refractivity (Wildman–Crippen MR) is 78.7 cm³/mol. The third kappa shape index (κ3) is 4.17. The largest absolute Gasteiger partial charge is 0.339 e. The molecule has 1 saturated heterocycles. The van der Waals surface area contributed by atoms with Gasteiger partial charge in [-0.05, 0) is 56.1 Å². The SMILES string of the molecule is CNCC1CCCN(C(=O)/C=C/c2cccc(F)c2)C1. The zero-order chi connectivity index (χ0) is 14.4. The van der Waals surface area contributed by atoms with Crippen LogP contribution in [0.1, 0.15) is 18.4 Å². The van der Waals surface area contributed by atoms with E-state index in [9.17, 15) is 9.18 Å². The van der Waals surface area contributed by atoms with Gasteiger partial charge in [0, 0.05) is 19.2 Å². The Morgan fingerprint density at radius 2 is 2.40 bits per heavy atom. The Hall–Kier alpha value is -1.68. The fraction of sp³-hybridized carbons (Fsp3) is 0.438. The van der Waals surface area contributed by atoms with E-state index in [4.69, 9.17) is 0 Å². The van der Waals surface area contributed by atoms with Crippen LogP contribution in [-0.2, 0) is 4.79 Å². The molecule has 0 radical (unpaired) electrons. The monoisotopic (exact) mass is 276 g/mol. The summed E-state index contributed by atoms with van der Waals surface area (Å²) in [6.45, 7) is 2.55. The lowest BCUT2D eigenvalue weighted by Gasteiger charge is -2.32. The summed E-state index contributed by atoms with van der Waals surface area (Å²) in [5.41, 5.74) is 0.710. The van der Waals surface area contributed by atoms with Gasteiger partial charge in [0.15, 0.2) is 0 Å². The van der Waals surface area contributed by atoms with Crippen LogP contribution in [-0.4, -0.2) is 37.5 Å². The minimum Gasteiger partial charge on any atom is -0.339 e. The minimum atomic E-state index is -0.286. The molecule has 1 amide bonds. The third-order valence-electron chi connectivity index (χ3n) is 3.59. The Bertz CT molecular complexity index is 485. The van der Waals surface area contributed by atoms with E-state index < -0.39 is 0 Å². The molecule has 1 aliphatic heterocycles. The number of rotatable bonds is 4. The molecule has 1 unspecified atom stereocenters. The lowest BCUT2D eigenvalue weighted by molar-refractivity contribution is -0.127. The van der Waals surface area contributed by atoms with Crippen molar-refractivity contribution in [2.24, 2.45) is 5.92 Å². The van der Waals surface area contributed by atoms with Crippen molar-refractivity contribution in [3.8, 4) is 0 Å². The second-order valence-electron chi connectivity index (χ2n) is 5.24. The highest BCUT2D eigenvalue weighted by molar-refractivity contribution is 5.91. The Morgan fingerprint density at radius 1 is 1.55 bits per heavy atom. The molecule has 0 spiro atoms. The highest BCUT2D eigenvalue weighted by Crippen LogP contribution is 2.16. The van der Waals surface area contributed by atoms with Gasteiger partial charge in [-0.2, -0.15) is 0 Å². The summed E-state index contributed by atoms with van der Waals surface area (Å²) < 4.78 is 13.0. The number of carbonyl (C=O) groups is 1. The van der Waals surface area contributed by atoms with Gasteiger partial charge in [-0.3, -0.25) is 4.79 Å². The molecule has 2 rings (SSSR count). The highest BCUT2D eigenvalue weighted by atomic mass is 19.1. The van der Waals surface area contributed by atoms with Crippen LogP contribution in [0, 0.1) is 11.7 Å². The minimum absolute atomic E-state index is 0.00932. The smallest absolute Gasteiger partial charge is 0.246 e. The molecule has 0 saturated carbocycles. The number of nitrogens with zero attached hydrogens (tertiary/aromatic N) is 1. The van der Waals surface area contributed by atoms with Gasteiger partial charge < -0.3 is 10.2 Å². The lowest BCUT2D eigenvalue weighted by atomic mass is 9.98. The third-order valence-corrected chi connectivity index (χ3v) is 3.59. The van der Waals surface area contributed by atoms with Crippen LogP contribution in [0.15, 0.2) is 30.3 Å². The van der Waals surface area contributed by atoms with E-state index in [-0.39, 0.29) is 11.7 Å². The Balaban J connectivity index is 1.94. The number of carbonyl (C=O) groups excluding carboxylic acids is 1. The topological polar surface area (TPSA) is 32.3 Å². The van der Waals surface area contributed by atoms with Crippen molar-refractivity contribution in [1.82, 2.24) is 10.2 Å². The summed E-state index contributed by atoms with van der Waals surface area (Å²) >= 11 is 0. The summed E-state index contributed by atoms with van der Waals surface area (Å²) in [5.74, 6) is 0.252. The number of piperidine rings is 1. The zero-order valence-electron chi connectivity index (χ0n) is 11.8. The Kier molecular flexibility index (Phi) is 5.30. The molecule has 1 atom stereocenters. The number of amides is 1. The molecule has 0 aromatic heterocycles. The fourth-order valence-electron chi connectivity index (χ4n) is 2.60. The molecule has 1 aliphatic rings. The van der Waals surface area contributed by atoms with Crippen LogP contribution in [0.4, 0.5) is 4.39 Å². The number of hydrogen-bond acceptors (Lipinski definition) is 2. The van der Waals surface area contributed by atoms with Crippen molar-refractivity contribution in [3.63, 3.8) is 0 Å². The van der Waals surface area contributed by atoms with Gasteiger partial charge >= 0.3 is 0 Å². The second kappa shape index (κ2) is 7.20. The first-order chi connectivity index (χ1) is 9.69. The molecule has 4 heteroatoms. The van der Waals surface area contributed by atoms with E-state index in [1.807, 2.05) is 11.9 Å². The molecule has 20 heavy (non-hydrogen) atoms. The normalized spacial score (nSPS) is 19.5. The summed E-state index contributed by atoms with van der Waals surface area (Å²) in [6.07, 6.45) is 5.42. The van der Waals surface area contributed by atoms with E-state index >= 15 is 0 Å². The summed E-state index contributed by atoms with van der Waals surface area (Å²) in [5, 5.41) is 3.16. The van der Waals surface area contributed by atoms with Gasteiger partial charge in [0.05, 0.1) is 0 Å². The molecular weight excluding hydrogens is 255 g/mol. The van der Waals surface area contributed by atoms with Crippen molar-refractivity contribution in [2.45, 2.75) is 12.8 Å². The Morgan fingerprint density at radius 3 is 3.15 bits per heavy atom. The average Bonchev–Trinajstić information content (AvgIpc) is 2.45. The zero-order valence-corrected chi connectivity index (χ0v) is 11.8. The molecule has 0 bridgehead atoms. The standard InChI is InChI=1S/C16H21FN2O/c1-18-11-14-5-3-9-19(12-14)16(20)8-7-13-4-2-6-15(17)10-13/h2,4,6-8,10,14,18H,3,5,9,11-12H2,1H3/b8-7+. The quantitative estimate of drug-likeness (QED) is 0.856. The number of likely N-dealkylation sites (tertiary alicyclic amines) is 1. The molecule has 1 fully saturated rings. The van der Waals surface area contributed by atoms with Crippen LogP contribution in [0.3, 0.4) is 0 Å². The van der Waals surface area contributed by atoms with E-state index in [1.54, 1.807) is 18.2 Å². The fourth-order valence-corrected chi connectivity index (χ4v) is 2.60. The number of hydrogen-bond donors (Lipinski definition) is 1. The first-order valence-corrected chi connectivity index (χ1v) is 7.06.